The summed E-state index contributed by atoms with van der Waals surface area (Å²) in [5, 5.41) is 2.44. The number of hydrogen-bond acceptors (Lipinski definition) is 5. The van der Waals surface area contributed by atoms with Gasteiger partial charge in [-0.1, -0.05) is 6.07 Å². The van der Waals surface area contributed by atoms with Crippen molar-refractivity contribution in [1.82, 2.24) is 29.1 Å². The van der Waals surface area contributed by atoms with E-state index in [1.807, 2.05) is 11.0 Å². The number of hydrogen-bond donors (Lipinski definition) is 1. The Balaban J connectivity index is 1.22. The third-order valence-electron chi connectivity index (χ3n) is 7.42. The van der Waals surface area contributed by atoms with Crippen molar-refractivity contribution in [3.63, 3.8) is 0 Å². The molecule has 1 aromatic carbocycles. The lowest BCUT2D eigenvalue weighted by Gasteiger charge is -2.32. The lowest BCUT2D eigenvalue weighted by atomic mass is 10.0. The van der Waals surface area contributed by atoms with E-state index < -0.39 is 23.4 Å². The molecule has 200 valence electrons. The molecule has 0 atom stereocenters. The van der Waals surface area contributed by atoms with Crippen LogP contribution in [0, 0.1) is 5.82 Å². The number of aromatic nitrogens is 3. The molecule has 6 rings (SSSR count). The third-order valence-corrected chi connectivity index (χ3v) is 7.42. The maximum absolute atomic E-state index is 14.7. The van der Waals surface area contributed by atoms with Gasteiger partial charge in [0.25, 0.3) is 11.7 Å². The molecular formula is C28H27FN6O4. The number of pyridine rings is 1. The first-order chi connectivity index (χ1) is 18.9. The maximum atomic E-state index is 14.7. The van der Waals surface area contributed by atoms with Crippen molar-refractivity contribution in [3.05, 3.63) is 71.6 Å². The number of rotatable bonds is 4. The summed E-state index contributed by atoms with van der Waals surface area (Å²) in [6, 6.07) is 7.93. The van der Waals surface area contributed by atoms with Gasteiger partial charge in [-0.25, -0.2) is 14.2 Å². The molecule has 39 heavy (non-hydrogen) atoms. The van der Waals surface area contributed by atoms with Crippen LogP contribution in [0.3, 0.4) is 0 Å². The van der Waals surface area contributed by atoms with E-state index in [1.165, 1.54) is 24.5 Å². The van der Waals surface area contributed by atoms with Crippen LogP contribution in [-0.2, 0) is 29.1 Å². The van der Waals surface area contributed by atoms with Gasteiger partial charge in [-0.3, -0.25) is 19.7 Å². The first-order valence-electron chi connectivity index (χ1n) is 13.0. The summed E-state index contributed by atoms with van der Waals surface area (Å²) < 4.78 is 18.2. The van der Waals surface area contributed by atoms with Gasteiger partial charge in [-0.2, -0.15) is 0 Å². The topological polar surface area (TPSA) is 109 Å². The van der Waals surface area contributed by atoms with Crippen LogP contribution in [0.15, 0.2) is 48.9 Å². The van der Waals surface area contributed by atoms with Crippen molar-refractivity contribution in [2.24, 2.45) is 0 Å². The van der Waals surface area contributed by atoms with Crippen LogP contribution in [0.25, 0.3) is 16.6 Å². The lowest BCUT2D eigenvalue weighted by molar-refractivity contribution is -0.127. The third kappa shape index (κ3) is 4.64. The molecule has 10 nitrogen and oxygen atoms in total. The number of fused-ring (bicyclic) bond motifs is 1. The van der Waals surface area contributed by atoms with Gasteiger partial charge < -0.3 is 18.8 Å². The highest BCUT2D eigenvalue weighted by atomic mass is 19.1. The molecule has 1 N–H and O–H groups in total. The number of amides is 4. The summed E-state index contributed by atoms with van der Waals surface area (Å²) in [5.41, 5.74) is 2.42. The molecule has 0 spiro atoms. The standard InChI is InChI=1S/C28H27FN6O4/c29-19-12-18-16-34(28(39)32-7-3-1-4-8-32)11-10-33-17-22(21(13-19)25(18)33)26(37)27(38)31-24(36)14-20-15-30-23-6-2-5-9-35(20)23/h2,5-6,9,12-13,15,17H,1,3-4,7-8,10-11,14,16H2,(H,31,36,38). The van der Waals surface area contributed by atoms with E-state index in [2.05, 4.69) is 10.3 Å². The van der Waals surface area contributed by atoms with Gasteiger partial charge in [0, 0.05) is 56.7 Å². The zero-order valence-electron chi connectivity index (χ0n) is 21.2. The summed E-state index contributed by atoms with van der Waals surface area (Å²) >= 11 is 0. The van der Waals surface area contributed by atoms with E-state index in [0.29, 0.717) is 48.6 Å². The monoisotopic (exact) mass is 530 g/mol. The fraction of sp³-hybridized carbons (Fsp3) is 0.321. The second-order valence-corrected chi connectivity index (χ2v) is 10.0. The number of benzene rings is 1. The predicted octanol–water partition coefficient (Wildman–Crippen LogP) is 2.92. The minimum atomic E-state index is -1.09. The number of likely N-dealkylation sites (tertiary alicyclic amines) is 1. The van der Waals surface area contributed by atoms with Crippen LogP contribution >= 0.6 is 0 Å². The number of ketones is 1. The van der Waals surface area contributed by atoms with Gasteiger partial charge >= 0.3 is 6.03 Å². The van der Waals surface area contributed by atoms with Gasteiger partial charge in [0.1, 0.15) is 11.5 Å². The maximum Gasteiger partial charge on any atom is 0.320 e. The normalized spacial score (nSPS) is 15.4. The molecule has 5 heterocycles. The molecule has 0 saturated carbocycles. The molecular weight excluding hydrogens is 503 g/mol. The summed E-state index contributed by atoms with van der Waals surface area (Å²) in [6.07, 6.45) is 7.71. The van der Waals surface area contributed by atoms with Gasteiger partial charge in [0.2, 0.25) is 5.91 Å². The number of carbonyl (C=O) groups excluding carboxylic acids is 4. The van der Waals surface area contributed by atoms with Gasteiger partial charge in [-0.15, -0.1) is 0 Å². The lowest BCUT2D eigenvalue weighted by Crippen LogP contribution is -2.45. The zero-order valence-corrected chi connectivity index (χ0v) is 21.2. The average Bonchev–Trinajstić information content (AvgIpc) is 3.45. The number of nitrogens with zero attached hydrogens (tertiary/aromatic N) is 5. The molecule has 0 aliphatic carbocycles. The Hall–Kier alpha value is -4.54. The SMILES string of the molecule is O=C(Cc1cnc2ccccn12)NC(=O)C(=O)c1cn2c3c(cc(F)cc13)CN(C(=O)N1CCCCC1)CC2. The van der Waals surface area contributed by atoms with E-state index in [4.69, 9.17) is 0 Å². The second-order valence-electron chi connectivity index (χ2n) is 10.0. The van der Waals surface area contributed by atoms with E-state index in [9.17, 15) is 23.6 Å². The highest BCUT2D eigenvalue weighted by Crippen LogP contribution is 2.30. The molecule has 4 amide bonds. The number of imide groups is 1. The Bertz CT molecular complexity index is 1630. The average molecular weight is 531 g/mol. The summed E-state index contributed by atoms with van der Waals surface area (Å²) in [5.74, 6) is -3.23. The predicted molar refractivity (Wildman–Crippen MR) is 140 cm³/mol. The molecule has 2 aliphatic rings. The Kier molecular flexibility index (Phi) is 6.34. The quantitative estimate of drug-likeness (QED) is 0.322. The Morgan fingerprint density at radius 2 is 1.79 bits per heavy atom. The molecule has 11 heteroatoms. The molecule has 2 aliphatic heterocycles. The molecule has 0 bridgehead atoms. The second kappa shape index (κ2) is 9.97. The zero-order chi connectivity index (χ0) is 27.1. The number of imidazole rings is 1. The number of halogens is 1. The summed E-state index contributed by atoms with van der Waals surface area (Å²) in [7, 11) is 0. The Morgan fingerprint density at radius 3 is 2.62 bits per heavy atom. The first kappa shape index (κ1) is 24.8. The molecule has 4 aromatic rings. The fourth-order valence-corrected chi connectivity index (χ4v) is 5.56. The highest BCUT2D eigenvalue weighted by molar-refractivity contribution is 6.46. The number of urea groups is 1. The van der Waals surface area contributed by atoms with E-state index in [0.717, 1.165) is 19.3 Å². The summed E-state index contributed by atoms with van der Waals surface area (Å²) in [6.45, 7) is 2.39. The van der Waals surface area contributed by atoms with E-state index >= 15 is 0 Å². The van der Waals surface area contributed by atoms with Crippen LogP contribution in [-0.4, -0.2) is 67.0 Å². The number of Topliss-reactive ketones (excluding diaryl/α,β-unsaturated/α-hetero) is 1. The first-order valence-corrected chi connectivity index (χ1v) is 13.0. The fourth-order valence-electron chi connectivity index (χ4n) is 5.56. The molecule has 0 radical (unpaired) electrons. The largest absolute Gasteiger partial charge is 0.345 e. The Labute approximate surface area is 223 Å². The van der Waals surface area contributed by atoms with Crippen LogP contribution in [0.2, 0.25) is 0 Å². The van der Waals surface area contributed by atoms with Crippen LogP contribution in [0.4, 0.5) is 9.18 Å². The Morgan fingerprint density at radius 1 is 0.974 bits per heavy atom. The van der Waals surface area contributed by atoms with E-state index in [1.54, 1.807) is 32.2 Å². The number of carbonyl (C=O) groups is 4. The van der Waals surface area contributed by atoms with Crippen molar-refractivity contribution in [1.29, 1.82) is 0 Å². The van der Waals surface area contributed by atoms with Crippen molar-refractivity contribution in [3.8, 4) is 0 Å². The van der Waals surface area contributed by atoms with Crippen molar-refractivity contribution in [2.75, 3.05) is 19.6 Å². The molecule has 0 unspecified atom stereocenters. The van der Waals surface area contributed by atoms with Crippen LogP contribution in [0.1, 0.15) is 40.9 Å². The van der Waals surface area contributed by atoms with Crippen molar-refractivity contribution < 1.29 is 23.6 Å². The minimum Gasteiger partial charge on any atom is -0.345 e. The van der Waals surface area contributed by atoms with Crippen molar-refractivity contribution in [2.45, 2.75) is 38.8 Å². The summed E-state index contributed by atoms with van der Waals surface area (Å²) in [4.78, 5) is 59.4. The van der Waals surface area contributed by atoms with Gasteiger partial charge in [0.05, 0.1) is 23.2 Å². The van der Waals surface area contributed by atoms with E-state index in [-0.39, 0.29) is 29.9 Å². The number of piperidine rings is 1. The smallest absolute Gasteiger partial charge is 0.320 e. The van der Waals surface area contributed by atoms with Gasteiger partial charge in [0.15, 0.2) is 0 Å². The molecule has 3 aromatic heterocycles. The molecule has 1 saturated heterocycles. The minimum absolute atomic E-state index is 0.0154. The highest BCUT2D eigenvalue weighted by Gasteiger charge is 2.29. The molecule has 1 fully saturated rings. The van der Waals surface area contributed by atoms with Crippen LogP contribution < -0.4 is 5.32 Å². The van der Waals surface area contributed by atoms with Crippen molar-refractivity contribution >= 4 is 40.2 Å². The van der Waals surface area contributed by atoms with Crippen LogP contribution in [0.5, 0.6) is 0 Å². The van der Waals surface area contributed by atoms with Gasteiger partial charge in [-0.05, 0) is 49.1 Å². The number of nitrogens with one attached hydrogen (secondary N) is 1.